The summed E-state index contributed by atoms with van der Waals surface area (Å²) < 4.78 is 5.38. The second kappa shape index (κ2) is 9.06. The molecule has 2 heterocycles. The maximum atomic E-state index is 12.8. The topological polar surface area (TPSA) is 65.6 Å². The molecule has 2 aliphatic rings. The summed E-state index contributed by atoms with van der Waals surface area (Å²) >= 11 is 0. The molecule has 160 valence electrons. The minimum Gasteiger partial charge on any atom is -0.495 e. The second-order valence-corrected chi connectivity index (χ2v) is 8.56. The number of nitrogens with one attached hydrogen (secondary N) is 3. The molecule has 2 aromatic rings. The van der Waals surface area contributed by atoms with Crippen molar-refractivity contribution in [3.63, 3.8) is 0 Å². The highest BCUT2D eigenvalue weighted by Gasteiger charge is 2.34. The van der Waals surface area contributed by atoms with Crippen molar-refractivity contribution in [1.29, 1.82) is 0 Å². The summed E-state index contributed by atoms with van der Waals surface area (Å²) in [5, 5.41) is 3.02. The molecule has 2 atom stereocenters. The largest absolute Gasteiger partial charge is 0.495 e. The normalized spacial score (nSPS) is 22.2. The predicted molar refractivity (Wildman–Crippen MR) is 120 cm³/mol. The van der Waals surface area contributed by atoms with Gasteiger partial charge < -0.3 is 15.0 Å². The van der Waals surface area contributed by atoms with Gasteiger partial charge in [0.1, 0.15) is 5.75 Å². The molecule has 0 aromatic heterocycles. The highest BCUT2D eigenvalue weighted by molar-refractivity contribution is 5.91. The Labute approximate surface area is 179 Å². The van der Waals surface area contributed by atoms with E-state index in [1.807, 2.05) is 30.0 Å². The summed E-state index contributed by atoms with van der Waals surface area (Å²) in [5.41, 5.74) is 11.4. The summed E-state index contributed by atoms with van der Waals surface area (Å²) in [6.07, 6.45) is 3.11. The fourth-order valence-corrected chi connectivity index (χ4v) is 4.61. The van der Waals surface area contributed by atoms with Gasteiger partial charge in [-0.3, -0.25) is 10.9 Å². The number of piperidine rings is 1. The molecule has 0 radical (unpaired) electrons. The Morgan fingerprint density at radius 1 is 1.07 bits per heavy atom. The second-order valence-electron chi connectivity index (χ2n) is 8.56. The number of amides is 2. The van der Waals surface area contributed by atoms with E-state index in [1.54, 1.807) is 7.11 Å². The van der Waals surface area contributed by atoms with Crippen LogP contribution in [-0.4, -0.2) is 37.2 Å². The van der Waals surface area contributed by atoms with Gasteiger partial charge in [0.05, 0.1) is 12.8 Å². The monoisotopic (exact) mass is 408 g/mol. The zero-order chi connectivity index (χ0) is 21.1. The molecular weight excluding hydrogens is 376 g/mol. The van der Waals surface area contributed by atoms with Crippen LogP contribution in [-0.2, 0) is 0 Å². The van der Waals surface area contributed by atoms with Crippen molar-refractivity contribution >= 4 is 11.7 Å². The van der Waals surface area contributed by atoms with Crippen LogP contribution in [0.5, 0.6) is 5.75 Å². The number of hydrogen-bond donors (Lipinski definition) is 3. The quantitative estimate of drug-likeness (QED) is 0.711. The number of carbonyl (C=O) groups excluding carboxylic acids is 1. The highest BCUT2D eigenvalue weighted by atomic mass is 16.5. The number of rotatable bonds is 4. The number of hydrazine groups is 1. The van der Waals surface area contributed by atoms with E-state index in [9.17, 15) is 4.79 Å². The zero-order valence-corrected chi connectivity index (χ0v) is 18.1. The Balaban J connectivity index is 1.30. The molecule has 6 heteroatoms. The molecular formula is C24H32N4O2. The standard InChI is InChI=1S/C24H32N4O2/c1-16-5-4-6-19(13-16)21-15-20(26-27-21)18-9-11-28(12-10-18)24(29)25-22-14-17(2)7-8-23(22)30-3/h4-8,13-14,18,20-21,26-27H,9-12,15H2,1-3H3,(H,25,29). The minimum atomic E-state index is -0.0486. The maximum absolute atomic E-state index is 12.8. The van der Waals surface area contributed by atoms with Crippen LogP contribution < -0.4 is 20.9 Å². The molecule has 2 fully saturated rings. The molecule has 0 saturated carbocycles. The average molecular weight is 409 g/mol. The van der Waals surface area contributed by atoms with Gasteiger partial charge in [0.25, 0.3) is 0 Å². The van der Waals surface area contributed by atoms with E-state index >= 15 is 0 Å². The van der Waals surface area contributed by atoms with Crippen LogP contribution in [0.1, 0.15) is 42.0 Å². The Morgan fingerprint density at radius 2 is 1.83 bits per heavy atom. The first-order valence-corrected chi connectivity index (χ1v) is 10.8. The van der Waals surface area contributed by atoms with Crippen LogP contribution in [0, 0.1) is 19.8 Å². The third kappa shape index (κ3) is 4.60. The molecule has 30 heavy (non-hydrogen) atoms. The highest BCUT2D eigenvalue weighted by Crippen LogP contribution is 2.31. The van der Waals surface area contributed by atoms with Crippen LogP contribution >= 0.6 is 0 Å². The summed E-state index contributed by atoms with van der Waals surface area (Å²) in [5.74, 6) is 1.26. The lowest BCUT2D eigenvalue weighted by Crippen LogP contribution is -2.45. The zero-order valence-electron chi connectivity index (χ0n) is 18.1. The van der Waals surface area contributed by atoms with Gasteiger partial charge in [-0.1, -0.05) is 35.9 Å². The summed E-state index contributed by atoms with van der Waals surface area (Å²) in [6, 6.07) is 15.3. The Bertz CT molecular complexity index is 893. The number of benzene rings is 2. The fourth-order valence-electron chi connectivity index (χ4n) is 4.61. The van der Waals surface area contributed by atoms with Gasteiger partial charge in [-0.15, -0.1) is 0 Å². The van der Waals surface area contributed by atoms with Crippen LogP contribution in [0.3, 0.4) is 0 Å². The van der Waals surface area contributed by atoms with Gasteiger partial charge in [-0.2, -0.15) is 0 Å². The van der Waals surface area contributed by atoms with Gasteiger partial charge in [0, 0.05) is 25.2 Å². The summed E-state index contributed by atoms with van der Waals surface area (Å²) in [6.45, 7) is 5.69. The molecule has 3 N–H and O–H groups in total. The molecule has 6 nitrogen and oxygen atoms in total. The number of likely N-dealkylation sites (tertiary alicyclic amines) is 1. The van der Waals surface area contributed by atoms with Gasteiger partial charge in [0.15, 0.2) is 0 Å². The number of urea groups is 1. The van der Waals surface area contributed by atoms with Crippen LogP contribution in [0.4, 0.5) is 10.5 Å². The molecule has 2 amide bonds. The first-order chi connectivity index (χ1) is 14.5. The van der Waals surface area contributed by atoms with E-state index in [0.29, 0.717) is 23.8 Å². The lowest BCUT2D eigenvalue weighted by Gasteiger charge is -2.34. The molecule has 2 aromatic carbocycles. The third-order valence-electron chi connectivity index (χ3n) is 6.37. The van der Waals surface area contributed by atoms with Crippen LogP contribution in [0.2, 0.25) is 0 Å². The van der Waals surface area contributed by atoms with E-state index in [1.165, 1.54) is 11.1 Å². The van der Waals surface area contributed by atoms with Crippen molar-refractivity contribution in [1.82, 2.24) is 15.8 Å². The first-order valence-electron chi connectivity index (χ1n) is 10.8. The number of anilines is 1. The van der Waals surface area contributed by atoms with Crippen LogP contribution in [0.15, 0.2) is 42.5 Å². The lowest BCUT2D eigenvalue weighted by atomic mass is 9.86. The van der Waals surface area contributed by atoms with Gasteiger partial charge in [-0.05, 0) is 62.3 Å². The summed E-state index contributed by atoms with van der Waals surface area (Å²) in [4.78, 5) is 14.7. The molecule has 2 aliphatic heterocycles. The predicted octanol–water partition coefficient (Wildman–Crippen LogP) is 4.16. The van der Waals surface area contributed by atoms with Crippen molar-refractivity contribution in [2.24, 2.45) is 5.92 Å². The number of carbonyl (C=O) groups is 1. The molecule has 2 unspecified atom stereocenters. The molecule has 2 saturated heterocycles. The minimum absolute atomic E-state index is 0.0486. The SMILES string of the molecule is COc1ccc(C)cc1NC(=O)N1CCC(C2CC(c3cccc(C)c3)NN2)CC1. The Kier molecular flexibility index (Phi) is 6.25. The fraction of sp³-hybridized carbons (Fsp3) is 0.458. The van der Waals surface area contributed by atoms with E-state index in [4.69, 9.17) is 4.74 Å². The Hall–Kier alpha value is -2.57. The lowest BCUT2D eigenvalue weighted by molar-refractivity contribution is 0.169. The van der Waals surface area contributed by atoms with E-state index < -0.39 is 0 Å². The smallest absolute Gasteiger partial charge is 0.321 e. The number of nitrogens with zero attached hydrogens (tertiary/aromatic N) is 1. The van der Waals surface area contributed by atoms with Gasteiger partial charge in [-0.25, -0.2) is 4.79 Å². The third-order valence-corrected chi connectivity index (χ3v) is 6.37. The molecule has 0 bridgehead atoms. The summed E-state index contributed by atoms with van der Waals surface area (Å²) in [7, 11) is 1.62. The van der Waals surface area contributed by atoms with Crippen molar-refractivity contribution in [3.05, 3.63) is 59.2 Å². The Morgan fingerprint density at radius 3 is 2.57 bits per heavy atom. The molecule has 0 aliphatic carbocycles. The molecule has 0 spiro atoms. The molecule has 4 rings (SSSR count). The van der Waals surface area contributed by atoms with Gasteiger partial charge in [0.2, 0.25) is 0 Å². The van der Waals surface area contributed by atoms with E-state index in [2.05, 4.69) is 47.4 Å². The maximum Gasteiger partial charge on any atom is 0.321 e. The number of aryl methyl sites for hydroxylation is 2. The van der Waals surface area contributed by atoms with Crippen LogP contribution in [0.25, 0.3) is 0 Å². The van der Waals surface area contributed by atoms with Crippen molar-refractivity contribution in [3.8, 4) is 5.75 Å². The van der Waals surface area contributed by atoms with E-state index in [0.717, 1.165) is 43.6 Å². The average Bonchev–Trinajstić information content (AvgIpc) is 3.24. The number of methoxy groups -OCH3 is 1. The number of ether oxygens (including phenoxy) is 1. The van der Waals surface area contributed by atoms with E-state index in [-0.39, 0.29) is 6.03 Å². The number of hydrogen-bond acceptors (Lipinski definition) is 4. The van der Waals surface area contributed by atoms with Gasteiger partial charge >= 0.3 is 6.03 Å². The van der Waals surface area contributed by atoms with Crippen molar-refractivity contribution in [2.45, 2.75) is 45.2 Å². The van der Waals surface area contributed by atoms with Crippen molar-refractivity contribution < 1.29 is 9.53 Å². The van der Waals surface area contributed by atoms with Crippen molar-refractivity contribution in [2.75, 3.05) is 25.5 Å². The first kappa shape index (κ1) is 20.7.